The van der Waals surface area contributed by atoms with Crippen molar-refractivity contribution in [2.75, 3.05) is 24.5 Å². The number of nitrogens with one attached hydrogen (secondary N) is 2. The highest BCUT2D eigenvalue weighted by Crippen LogP contribution is 2.18. The summed E-state index contributed by atoms with van der Waals surface area (Å²) >= 11 is 0. The van der Waals surface area contributed by atoms with Gasteiger partial charge in [-0.05, 0) is 55.5 Å². The fourth-order valence-electron chi connectivity index (χ4n) is 3.18. The smallest absolute Gasteiger partial charge is 0.191 e. The Morgan fingerprint density at radius 2 is 1.93 bits per heavy atom. The highest BCUT2D eigenvalue weighted by atomic mass is 127. The van der Waals surface area contributed by atoms with Crippen LogP contribution in [0, 0.1) is 6.92 Å². The fraction of sp³-hybridized carbons (Fsp3) is 0.429. The lowest BCUT2D eigenvalue weighted by Gasteiger charge is -2.16. The number of hydrogen-bond donors (Lipinski definition) is 2. The van der Waals surface area contributed by atoms with Gasteiger partial charge in [0.15, 0.2) is 5.96 Å². The molecular formula is C21H30IN5. The third-order valence-corrected chi connectivity index (χ3v) is 4.71. The molecule has 1 aliphatic heterocycles. The Kier molecular flexibility index (Phi) is 8.84. The first kappa shape index (κ1) is 21.5. The highest BCUT2D eigenvalue weighted by Gasteiger charge is 2.13. The van der Waals surface area contributed by atoms with Crippen molar-refractivity contribution < 1.29 is 0 Å². The minimum absolute atomic E-state index is 0. The molecule has 0 bridgehead atoms. The van der Waals surface area contributed by atoms with E-state index in [-0.39, 0.29) is 24.0 Å². The molecule has 3 rings (SSSR count). The molecule has 1 aromatic carbocycles. The molecule has 0 radical (unpaired) electrons. The Morgan fingerprint density at radius 1 is 1.15 bits per heavy atom. The highest BCUT2D eigenvalue weighted by molar-refractivity contribution is 14.0. The molecule has 5 nitrogen and oxygen atoms in total. The topological polar surface area (TPSA) is 52.6 Å². The van der Waals surface area contributed by atoms with E-state index in [9.17, 15) is 0 Å². The maximum absolute atomic E-state index is 4.74. The Hall–Kier alpha value is -1.83. The molecule has 0 atom stereocenters. The maximum Gasteiger partial charge on any atom is 0.191 e. The van der Waals surface area contributed by atoms with Crippen molar-refractivity contribution in [3.63, 3.8) is 0 Å². The van der Waals surface area contributed by atoms with E-state index in [1.165, 1.54) is 29.5 Å². The normalized spacial score (nSPS) is 14.0. The summed E-state index contributed by atoms with van der Waals surface area (Å²) in [6.45, 7) is 8.71. The zero-order valence-corrected chi connectivity index (χ0v) is 18.6. The van der Waals surface area contributed by atoms with E-state index >= 15 is 0 Å². The summed E-state index contributed by atoms with van der Waals surface area (Å²) in [5.41, 5.74) is 3.77. The number of nitrogens with zero attached hydrogens (tertiary/aromatic N) is 3. The second kappa shape index (κ2) is 11.1. The molecular weight excluding hydrogens is 449 g/mol. The van der Waals surface area contributed by atoms with Gasteiger partial charge in [0.05, 0.1) is 6.54 Å². The van der Waals surface area contributed by atoms with E-state index in [1.54, 1.807) is 0 Å². The first-order valence-electron chi connectivity index (χ1n) is 9.53. The van der Waals surface area contributed by atoms with E-state index in [0.29, 0.717) is 6.54 Å². The lowest BCUT2D eigenvalue weighted by molar-refractivity contribution is 0.812. The number of anilines is 1. The van der Waals surface area contributed by atoms with Crippen molar-refractivity contribution in [3.8, 4) is 0 Å². The number of rotatable bonds is 6. The molecule has 1 saturated heterocycles. The van der Waals surface area contributed by atoms with Gasteiger partial charge in [-0.25, -0.2) is 9.98 Å². The van der Waals surface area contributed by atoms with Crippen LogP contribution in [0.2, 0.25) is 0 Å². The molecule has 1 fully saturated rings. The molecule has 27 heavy (non-hydrogen) atoms. The first-order chi connectivity index (χ1) is 12.8. The first-order valence-corrected chi connectivity index (χ1v) is 9.53. The summed E-state index contributed by atoms with van der Waals surface area (Å²) in [7, 11) is 0. The van der Waals surface area contributed by atoms with Crippen LogP contribution in [0.3, 0.4) is 0 Å². The number of aromatic nitrogens is 1. The van der Waals surface area contributed by atoms with Crippen molar-refractivity contribution in [3.05, 3.63) is 59.3 Å². The largest absolute Gasteiger partial charge is 0.357 e. The van der Waals surface area contributed by atoms with E-state index in [4.69, 9.17) is 4.99 Å². The van der Waals surface area contributed by atoms with Crippen molar-refractivity contribution in [1.82, 2.24) is 15.6 Å². The predicted molar refractivity (Wildman–Crippen MR) is 124 cm³/mol. The van der Waals surface area contributed by atoms with Crippen molar-refractivity contribution in [2.45, 2.75) is 39.8 Å². The number of pyridine rings is 1. The molecule has 1 aliphatic rings. The Morgan fingerprint density at radius 3 is 2.67 bits per heavy atom. The standard InChI is InChI=1S/C21H29N5.HI/c1-3-22-21(25-16-19-9-5-4-8-17(19)2)24-15-18-10-11-23-20(14-18)26-12-6-7-13-26;/h4-5,8-11,14H,3,6-7,12-13,15-16H2,1-2H3,(H2,22,24,25);1H. The molecule has 146 valence electrons. The van der Waals surface area contributed by atoms with Gasteiger partial charge in [-0.2, -0.15) is 0 Å². The van der Waals surface area contributed by atoms with Gasteiger partial charge in [-0.3, -0.25) is 0 Å². The summed E-state index contributed by atoms with van der Waals surface area (Å²) in [6.07, 6.45) is 4.42. The van der Waals surface area contributed by atoms with E-state index < -0.39 is 0 Å². The van der Waals surface area contributed by atoms with Crippen LogP contribution in [0.15, 0.2) is 47.6 Å². The van der Waals surface area contributed by atoms with Crippen molar-refractivity contribution >= 4 is 35.8 Å². The van der Waals surface area contributed by atoms with Crippen LogP contribution in [0.5, 0.6) is 0 Å². The van der Waals surface area contributed by atoms with Crippen LogP contribution < -0.4 is 15.5 Å². The molecule has 1 aromatic heterocycles. The van der Waals surface area contributed by atoms with Gasteiger partial charge in [0, 0.05) is 32.4 Å². The van der Waals surface area contributed by atoms with Gasteiger partial charge >= 0.3 is 0 Å². The molecule has 6 heteroatoms. The second-order valence-electron chi connectivity index (χ2n) is 6.69. The third-order valence-electron chi connectivity index (χ3n) is 4.71. The van der Waals surface area contributed by atoms with E-state index in [0.717, 1.165) is 38.0 Å². The van der Waals surface area contributed by atoms with Gasteiger partial charge < -0.3 is 15.5 Å². The number of aryl methyl sites for hydroxylation is 1. The Labute approximate surface area is 179 Å². The van der Waals surface area contributed by atoms with Crippen LogP contribution in [0.4, 0.5) is 5.82 Å². The molecule has 0 saturated carbocycles. The number of aliphatic imine (C=N–C) groups is 1. The fourth-order valence-corrected chi connectivity index (χ4v) is 3.18. The van der Waals surface area contributed by atoms with Crippen LogP contribution in [0.25, 0.3) is 0 Å². The minimum atomic E-state index is 0. The summed E-state index contributed by atoms with van der Waals surface area (Å²) in [5, 5.41) is 6.76. The van der Waals surface area contributed by atoms with Gasteiger partial charge in [-0.15, -0.1) is 24.0 Å². The van der Waals surface area contributed by atoms with Gasteiger partial charge in [-0.1, -0.05) is 24.3 Å². The van der Waals surface area contributed by atoms with E-state index in [2.05, 4.69) is 64.7 Å². The Bertz CT molecular complexity index is 741. The van der Waals surface area contributed by atoms with Crippen molar-refractivity contribution in [1.29, 1.82) is 0 Å². The van der Waals surface area contributed by atoms with Gasteiger partial charge in [0.1, 0.15) is 5.82 Å². The SMILES string of the molecule is CCNC(=NCc1ccnc(N2CCCC2)c1)NCc1ccccc1C.I. The number of hydrogen-bond acceptors (Lipinski definition) is 3. The van der Waals surface area contributed by atoms with Crippen LogP contribution in [-0.4, -0.2) is 30.6 Å². The summed E-state index contributed by atoms with van der Waals surface area (Å²) in [5.74, 6) is 1.92. The average molecular weight is 479 g/mol. The molecule has 2 aromatic rings. The monoisotopic (exact) mass is 479 g/mol. The molecule has 0 amide bonds. The minimum Gasteiger partial charge on any atom is -0.357 e. The number of benzene rings is 1. The van der Waals surface area contributed by atoms with Gasteiger partial charge in [0.2, 0.25) is 0 Å². The molecule has 0 spiro atoms. The zero-order valence-electron chi connectivity index (χ0n) is 16.2. The second-order valence-corrected chi connectivity index (χ2v) is 6.69. The summed E-state index contributed by atoms with van der Waals surface area (Å²) in [4.78, 5) is 11.6. The van der Waals surface area contributed by atoms with Crippen molar-refractivity contribution in [2.24, 2.45) is 4.99 Å². The van der Waals surface area contributed by atoms with Crippen LogP contribution >= 0.6 is 24.0 Å². The van der Waals surface area contributed by atoms with Gasteiger partial charge in [0.25, 0.3) is 0 Å². The lowest BCUT2D eigenvalue weighted by Crippen LogP contribution is -2.36. The Balaban J connectivity index is 0.00000261. The predicted octanol–water partition coefficient (Wildman–Crippen LogP) is 3.86. The average Bonchev–Trinajstić information content (AvgIpc) is 3.20. The van der Waals surface area contributed by atoms with Crippen LogP contribution in [-0.2, 0) is 13.1 Å². The van der Waals surface area contributed by atoms with Crippen LogP contribution in [0.1, 0.15) is 36.5 Å². The molecule has 2 N–H and O–H groups in total. The molecule has 2 heterocycles. The summed E-state index contributed by atoms with van der Waals surface area (Å²) < 4.78 is 0. The number of halogens is 1. The zero-order chi connectivity index (χ0) is 18.2. The number of guanidine groups is 1. The lowest BCUT2D eigenvalue weighted by atomic mass is 10.1. The maximum atomic E-state index is 4.74. The van der Waals surface area contributed by atoms with E-state index in [1.807, 2.05) is 12.3 Å². The molecule has 0 unspecified atom stereocenters. The third kappa shape index (κ3) is 6.37. The quantitative estimate of drug-likeness (QED) is 0.376. The summed E-state index contributed by atoms with van der Waals surface area (Å²) in [6, 6.07) is 12.6. The molecule has 0 aliphatic carbocycles.